The fourth-order valence-corrected chi connectivity index (χ4v) is 1.90. The first-order valence-electron chi connectivity index (χ1n) is 6.15. The van der Waals surface area contributed by atoms with Crippen LogP contribution in [-0.4, -0.2) is 20.3 Å². The van der Waals surface area contributed by atoms with Crippen LogP contribution in [0.5, 0.6) is 0 Å². The number of pyridine rings is 1. The maximum Gasteiger partial charge on any atom is 0.171 e. The third-order valence-corrected chi connectivity index (χ3v) is 2.78. The van der Waals surface area contributed by atoms with E-state index in [1.54, 1.807) is 18.6 Å². The van der Waals surface area contributed by atoms with Crippen molar-refractivity contribution >= 4 is 5.78 Å². The summed E-state index contributed by atoms with van der Waals surface area (Å²) in [4.78, 5) is 20.4. The molecule has 0 amide bonds. The van der Waals surface area contributed by atoms with E-state index >= 15 is 0 Å². The summed E-state index contributed by atoms with van der Waals surface area (Å²) in [6.07, 6.45) is 8.38. The summed E-state index contributed by atoms with van der Waals surface area (Å²) >= 11 is 0. The Hall–Kier alpha value is -1.97. The summed E-state index contributed by atoms with van der Waals surface area (Å²) in [5.41, 5.74) is 1.65. The van der Waals surface area contributed by atoms with Crippen molar-refractivity contribution in [1.29, 1.82) is 0 Å². The first-order valence-corrected chi connectivity index (χ1v) is 6.15. The van der Waals surface area contributed by atoms with Gasteiger partial charge < -0.3 is 4.57 Å². The van der Waals surface area contributed by atoms with E-state index in [-0.39, 0.29) is 5.78 Å². The van der Waals surface area contributed by atoms with E-state index in [9.17, 15) is 4.79 Å². The molecule has 94 valence electrons. The highest BCUT2D eigenvalue weighted by Crippen LogP contribution is 2.08. The lowest BCUT2D eigenvalue weighted by molar-refractivity contribution is 0.0989. The van der Waals surface area contributed by atoms with E-state index < -0.39 is 0 Å². The van der Waals surface area contributed by atoms with Crippen molar-refractivity contribution in [1.82, 2.24) is 14.5 Å². The fraction of sp³-hybridized carbons (Fsp3) is 0.357. The van der Waals surface area contributed by atoms with E-state index in [1.807, 2.05) is 23.8 Å². The van der Waals surface area contributed by atoms with E-state index in [0.29, 0.717) is 12.0 Å². The van der Waals surface area contributed by atoms with Crippen LogP contribution in [0, 0.1) is 6.92 Å². The Morgan fingerprint density at radius 1 is 1.39 bits per heavy atom. The number of hydrogen-bond donors (Lipinski definition) is 0. The molecule has 18 heavy (non-hydrogen) atoms. The van der Waals surface area contributed by atoms with Gasteiger partial charge in [-0.1, -0.05) is 6.92 Å². The van der Waals surface area contributed by atoms with Gasteiger partial charge in [-0.05, 0) is 25.0 Å². The van der Waals surface area contributed by atoms with Crippen LogP contribution in [0.15, 0.2) is 30.9 Å². The SMILES string of the molecule is CCCn1ccnc1CC(=O)c1cncc(C)c1. The number of carbonyl (C=O) groups is 1. The van der Waals surface area contributed by atoms with Gasteiger partial charge >= 0.3 is 0 Å². The zero-order valence-corrected chi connectivity index (χ0v) is 10.8. The van der Waals surface area contributed by atoms with Gasteiger partial charge in [0, 0.05) is 36.9 Å². The Balaban J connectivity index is 2.14. The van der Waals surface area contributed by atoms with Crippen molar-refractivity contribution in [3.8, 4) is 0 Å². The van der Waals surface area contributed by atoms with Crippen molar-refractivity contribution in [2.45, 2.75) is 33.2 Å². The third-order valence-electron chi connectivity index (χ3n) is 2.78. The van der Waals surface area contributed by atoms with Crippen molar-refractivity contribution < 1.29 is 4.79 Å². The zero-order chi connectivity index (χ0) is 13.0. The first-order chi connectivity index (χ1) is 8.70. The lowest BCUT2D eigenvalue weighted by Crippen LogP contribution is -2.10. The van der Waals surface area contributed by atoms with Gasteiger partial charge in [-0.2, -0.15) is 0 Å². The Kier molecular flexibility index (Phi) is 3.87. The molecule has 0 aliphatic rings. The molecule has 0 saturated carbocycles. The van der Waals surface area contributed by atoms with E-state index in [1.165, 1.54) is 0 Å². The summed E-state index contributed by atoms with van der Waals surface area (Å²) in [5, 5.41) is 0. The standard InChI is InChI=1S/C14H17N3O/c1-3-5-17-6-4-16-14(17)8-13(18)12-7-11(2)9-15-10-12/h4,6-7,9-10H,3,5,8H2,1-2H3. The second kappa shape index (κ2) is 5.58. The number of carbonyl (C=O) groups excluding carboxylic acids is 1. The molecule has 0 atom stereocenters. The molecule has 0 bridgehead atoms. The van der Waals surface area contributed by atoms with Crippen LogP contribution >= 0.6 is 0 Å². The summed E-state index contributed by atoms with van der Waals surface area (Å²) < 4.78 is 2.03. The average Bonchev–Trinajstić information content (AvgIpc) is 2.77. The largest absolute Gasteiger partial charge is 0.335 e. The van der Waals surface area contributed by atoms with Crippen LogP contribution in [0.4, 0.5) is 0 Å². The number of nitrogens with zero attached hydrogens (tertiary/aromatic N) is 3. The van der Waals surface area contributed by atoms with Crippen LogP contribution in [0.1, 0.15) is 35.1 Å². The molecule has 0 unspecified atom stereocenters. The van der Waals surface area contributed by atoms with Crippen molar-refractivity contribution in [2.75, 3.05) is 0 Å². The summed E-state index contributed by atoms with van der Waals surface area (Å²) in [6, 6.07) is 1.86. The monoisotopic (exact) mass is 243 g/mol. The Morgan fingerprint density at radius 3 is 2.94 bits per heavy atom. The number of imidazole rings is 1. The van der Waals surface area contributed by atoms with E-state index in [0.717, 1.165) is 24.4 Å². The minimum Gasteiger partial charge on any atom is -0.335 e. The average molecular weight is 243 g/mol. The lowest BCUT2D eigenvalue weighted by atomic mass is 10.1. The molecule has 0 aliphatic heterocycles. The van der Waals surface area contributed by atoms with Gasteiger partial charge in [-0.25, -0.2) is 4.98 Å². The highest BCUT2D eigenvalue weighted by atomic mass is 16.1. The lowest BCUT2D eigenvalue weighted by Gasteiger charge is -2.05. The highest BCUT2D eigenvalue weighted by Gasteiger charge is 2.11. The van der Waals surface area contributed by atoms with Crippen LogP contribution < -0.4 is 0 Å². The zero-order valence-electron chi connectivity index (χ0n) is 10.8. The van der Waals surface area contributed by atoms with Crippen molar-refractivity contribution in [3.63, 3.8) is 0 Å². The van der Waals surface area contributed by atoms with Crippen LogP contribution in [0.2, 0.25) is 0 Å². The normalized spacial score (nSPS) is 10.6. The number of hydrogen-bond acceptors (Lipinski definition) is 3. The molecule has 2 aromatic rings. The number of ketones is 1. The Labute approximate surface area is 107 Å². The fourth-order valence-electron chi connectivity index (χ4n) is 1.90. The molecule has 2 heterocycles. The molecular weight excluding hydrogens is 226 g/mol. The number of Topliss-reactive ketones (excluding diaryl/α,β-unsaturated/α-hetero) is 1. The van der Waals surface area contributed by atoms with Gasteiger partial charge in [0.25, 0.3) is 0 Å². The molecule has 4 nitrogen and oxygen atoms in total. The van der Waals surface area contributed by atoms with Gasteiger partial charge in [-0.3, -0.25) is 9.78 Å². The molecule has 2 rings (SSSR count). The van der Waals surface area contributed by atoms with Gasteiger partial charge in [0.05, 0.1) is 6.42 Å². The summed E-state index contributed by atoms with van der Waals surface area (Å²) in [6.45, 7) is 4.94. The first kappa shape index (κ1) is 12.5. The molecule has 4 heteroatoms. The predicted octanol–water partition coefficient (Wildman–Crippen LogP) is 2.42. The molecule has 2 aromatic heterocycles. The van der Waals surface area contributed by atoms with Gasteiger partial charge in [-0.15, -0.1) is 0 Å². The van der Waals surface area contributed by atoms with E-state index in [4.69, 9.17) is 0 Å². The van der Waals surface area contributed by atoms with Crippen LogP contribution in [0.25, 0.3) is 0 Å². The molecular formula is C14H17N3O. The van der Waals surface area contributed by atoms with Crippen LogP contribution in [0.3, 0.4) is 0 Å². The van der Waals surface area contributed by atoms with Crippen molar-refractivity contribution in [3.05, 3.63) is 47.8 Å². The molecule has 0 fully saturated rings. The molecule has 0 radical (unpaired) electrons. The van der Waals surface area contributed by atoms with E-state index in [2.05, 4.69) is 16.9 Å². The number of rotatable bonds is 5. The van der Waals surface area contributed by atoms with Crippen LogP contribution in [-0.2, 0) is 13.0 Å². The second-order valence-electron chi connectivity index (χ2n) is 4.39. The number of aryl methyl sites for hydroxylation is 2. The topological polar surface area (TPSA) is 47.8 Å². The molecule has 0 N–H and O–H groups in total. The smallest absolute Gasteiger partial charge is 0.171 e. The molecule has 0 spiro atoms. The van der Waals surface area contributed by atoms with Gasteiger partial charge in [0.15, 0.2) is 5.78 Å². The summed E-state index contributed by atoms with van der Waals surface area (Å²) in [7, 11) is 0. The number of aromatic nitrogens is 3. The maximum atomic E-state index is 12.1. The van der Waals surface area contributed by atoms with Gasteiger partial charge in [0.2, 0.25) is 0 Å². The maximum absolute atomic E-state index is 12.1. The molecule has 0 aliphatic carbocycles. The Bertz CT molecular complexity index is 545. The molecule has 0 aromatic carbocycles. The third kappa shape index (κ3) is 2.83. The predicted molar refractivity (Wildman–Crippen MR) is 69.5 cm³/mol. The van der Waals surface area contributed by atoms with Gasteiger partial charge in [0.1, 0.15) is 5.82 Å². The Morgan fingerprint density at radius 2 is 2.22 bits per heavy atom. The van der Waals surface area contributed by atoms with Crippen molar-refractivity contribution in [2.24, 2.45) is 0 Å². The summed E-state index contributed by atoms with van der Waals surface area (Å²) in [5.74, 6) is 0.887. The quantitative estimate of drug-likeness (QED) is 0.758. The molecule has 0 saturated heterocycles. The second-order valence-corrected chi connectivity index (χ2v) is 4.39. The minimum atomic E-state index is 0.0646. The minimum absolute atomic E-state index is 0.0646. The highest BCUT2D eigenvalue weighted by molar-refractivity contribution is 5.96.